The van der Waals surface area contributed by atoms with Crippen LogP contribution in [0.4, 0.5) is 4.79 Å². The van der Waals surface area contributed by atoms with Gasteiger partial charge in [0.1, 0.15) is 17.7 Å². The second-order valence-electron chi connectivity index (χ2n) is 10.6. The molecule has 0 heterocycles. The Hall–Kier alpha value is -3.10. The van der Waals surface area contributed by atoms with Crippen molar-refractivity contribution in [2.24, 2.45) is 5.73 Å². The van der Waals surface area contributed by atoms with Crippen molar-refractivity contribution in [2.45, 2.75) is 111 Å². The molecule has 0 spiro atoms. The summed E-state index contributed by atoms with van der Waals surface area (Å²) in [5.41, 5.74) is 6.42. The first-order chi connectivity index (χ1) is 17.9. The van der Waals surface area contributed by atoms with Gasteiger partial charge in [-0.15, -0.1) is 0 Å². The van der Waals surface area contributed by atoms with E-state index in [1.54, 1.807) is 20.8 Å². The maximum Gasteiger partial charge on any atom is 0.408 e. The minimum Gasteiger partial charge on any atom is -0.444 e. The van der Waals surface area contributed by atoms with Crippen LogP contribution < -0.4 is 16.4 Å². The number of carbonyl (C=O) groups is 4. The monoisotopic (exact) mass is 532 g/mol. The molecule has 0 saturated carbocycles. The van der Waals surface area contributed by atoms with Gasteiger partial charge in [-0.2, -0.15) is 0 Å². The molecule has 214 valence electrons. The highest BCUT2D eigenvalue weighted by atomic mass is 16.6. The molecule has 1 aromatic rings. The van der Waals surface area contributed by atoms with Crippen LogP contribution in [0.3, 0.4) is 0 Å². The van der Waals surface area contributed by atoms with Crippen LogP contribution in [0.15, 0.2) is 24.3 Å². The molecule has 4 amide bonds. The van der Waals surface area contributed by atoms with Gasteiger partial charge in [0, 0.05) is 13.1 Å². The van der Waals surface area contributed by atoms with Crippen molar-refractivity contribution in [3.63, 3.8) is 0 Å². The van der Waals surface area contributed by atoms with Gasteiger partial charge in [0.15, 0.2) is 0 Å². The minimum absolute atomic E-state index is 0.278. The highest BCUT2D eigenvalue weighted by Crippen LogP contribution is 2.25. The number of hydrogen-bond donors (Lipinski definition) is 3. The van der Waals surface area contributed by atoms with Crippen LogP contribution in [-0.2, 0) is 25.5 Å². The van der Waals surface area contributed by atoms with Gasteiger partial charge >= 0.3 is 6.09 Å². The standard InChI is InChI=1S/C29H48N4O5/c1-7-10-12-18-31-26(35)25(22-16-14-21(9-3)15-17-22)33(19-13-11-8-2)27(36)23(20-24(30)34)32-28(37)38-29(4,5)6/h14-17,23,25H,7-13,18-20H2,1-6H3,(H2,30,34)(H,31,35)(H,32,37). The first-order valence-electron chi connectivity index (χ1n) is 13.9. The van der Waals surface area contributed by atoms with Gasteiger partial charge < -0.3 is 26.0 Å². The number of ether oxygens (including phenoxy) is 1. The van der Waals surface area contributed by atoms with Gasteiger partial charge in [-0.25, -0.2) is 4.79 Å². The number of amides is 4. The lowest BCUT2D eigenvalue weighted by Gasteiger charge is -2.34. The second-order valence-corrected chi connectivity index (χ2v) is 10.6. The number of rotatable bonds is 16. The molecule has 1 rings (SSSR count). The number of alkyl carbamates (subject to hydrolysis) is 1. The van der Waals surface area contributed by atoms with Crippen LogP contribution in [-0.4, -0.2) is 53.4 Å². The molecule has 2 atom stereocenters. The highest BCUT2D eigenvalue weighted by molar-refractivity contribution is 5.94. The molecule has 9 nitrogen and oxygen atoms in total. The Morgan fingerprint density at radius 2 is 1.55 bits per heavy atom. The largest absolute Gasteiger partial charge is 0.444 e. The van der Waals surface area contributed by atoms with Crippen molar-refractivity contribution in [3.05, 3.63) is 35.4 Å². The first-order valence-corrected chi connectivity index (χ1v) is 13.9. The Morgan fingerprint density at radius 3 is 2.08 bits per heavy atom. The van der Waals surface area contributed by atoms with Crippen LogP contribution in [0, 0.1) is 0 Å². The van der Waals surface area contributed by atoms with Gasteiger partial charge in [0.2, 0.25) is 17.7 Å². The third-order valence-corrected chi connectivity index (χ3v) is 6.02. The van der Waals surface area contributed by atoms with Crippen molar-refractivity contribution in [3.8, 4) is 0 Å². The third-order valence-electron chi connectivity index (χ3n) is 6.02. The fourth-order valence-electron chi connectivity index (χ4n) is 4.04. The van der Waals surface area contributed by atoms with Crippen LogP contribution in [0.1, 0.15) is 104 Å². The van der Waals surface area contributed by atoms with Gasteiger partial charge in [-0.05, 0) is 51.2 Å². The summed E-state index contributed by atoms with van der Waals surface area (Å²) in [6, 6.07) is 5.42. The summed E-state index contributed by atoms with van der Waals surface area (Å²) in [7, 11) is 0. The fraction of sp³-hybridized carbons (Fsp3) is 0.655. The summed E-state index contributed by atoms with van der Waals surface area (Å²) in [6.07, 6.45) is 4.85. The average molecular weight is 533 g/mol. The summed E-state index contributed by atoms with van der Waals surface area (Å²) < 4.78 is 5.32. The van der Waals surface area contributed by atoms with E-state index in [2.05, 4.69) is 17.6 Å². The van der Waals surface area contributed by atoms with Crippen LogP contribution >= 0.6 is 0 Å². The van der Waals surface area contributed by atoms with Crippen molar-refractivity contribution in [1.82, 2.24) is 15.5 Å². The predicted octanol–water partition coefficient (Wildman–Crippen LogP) is 4.38. The SMILES string of the molecule is CCCCCNC(=O)C(c1ccc(CC)cc1)N(CCCCC)C(=O)C(CC(N)=O)NC(=O)OC(C)(C)C. The Balaban J connectivity index is 3.44. The normalized spacial score (nSPS) is 12.8. The van der Waals surface area contributed by atoms with Crippen molar-refractivity contribution >= 4 is 23.8 Å². The smallest absolute Gasteiger partial charge is 0.408 e. The van der Waals surface area contributed by atoms with E-state index in [0.29, 0.717) is 18.5 Å². The lowest BCUT2D eigenvalue weighted by atomic mass is 9.99. The minimum atomic E-state index is -1.27. The van der Waals surface area contributed by atoms with Crippen LogP contribution in [0.2, 0.25) is 0 Å². The van der Waals surface area contributed by atoms with Crippen molar-refractivity contribution in [1.29, 1.82) is 0 Å². The molecular formula is C29H48N4O5. The number of nitrogens with one attached hydrogen (secondary N) is 2. The second kappa shape index (κ2) is 16.7. The molecule has 1 aromatic carbocycles. The Morgan fingerprint density at radius 1 is 0.947 bits per heavy atom. The molecule has 0 saturated heterocycles. The molecule has 0 aliphatic rings. The summed E-state index contributed by atoms with van der Waals surface area (Å²) in [5.74, 6) is -1.61. The number of primary amides is 1. The van der Waals surface area contributed by atoms with Gasteiger partial charge in [-0.3, -0.25) is 14.4 Å². The Bertz CT molecular complexity index is 895. The highest BCUT2D eigenvalue weighted by Gasteiger charge is 2.36. The number of nitrogens with zero attached hydrogens (tertiary/aromatic N) is 1. The number of hydrogen-bond acceptors (Lipinski definition) is 5. The topological polar surface area (TPSA) is 131 Å². The molecular weight excluding hydrogens is 484 g/mol. The lowest BCUT2D eigenvalue weighted by molar-refractivity contribution is -0.143. The molecule has 38 heavy (non-hydrogen) atoms. The average Bonchev–Trinajstić information content (AvgIpc) is 2.84. The van der Waals surface area contributed by atoms with E-state index in [9.17, 15) is 19.2 Å². The summed E-state index contributed by atoms with van der Waals surface area (Å²) >= 11 is 0. The molecule has 4 N–H and O–H groups in total. The maximum atomic E-state index is 14.0. The van der Waals surface area contributed by atoms with Gasteiger partial charge in [-0.1, -0.05) is 70.7 Å². The van der Waals surface area contributed by atoms with Gasteiger partial charge in [0.25, 0.3) is 0 Å². The Kier molecular flexibility index (Phi) is 14.5. The van der Waals surface area contributed by atoms with E-state index in [-0.39, 0.29) is 12.5 Å². The Labute approximate surface area is 228 Å². The zero-order chi connectivity index (χ0) is 28.7. The predicted molar refractivity (Wildman–Crippen MR) is 149 cm³/mol. The zero-order valence-electron chi connectivity index (χ0n) is 24.1. The number of aryl methyl sites for hydroxylation is 1. The first kappa shape index (κ1) is 32.9. The fourth-order valence-corrected chi connectivity index (χ4v) is 4.04. The third kappa shape index (κ3) is 12.0. The number of carbonyl (C=O) groups excluding carboxylic acids is 4. The van der Waals surface area contributed by atoms with Crippen LogP contribution in [0.5, 0.6) is 0 Å². The van der Waals surface area contributed by atoms with Gasteiger partial charge in [0.05, 0.1) is 6.42 Å². The lowest BCUT2D eigenvalue weighted by Crippen LogP contribution is -2.54. The molecule has 0 aromatic heterocycles. The van der Waals surface area contributed by atoms with E-state index >= 15 is 0 Å². The molecule has 0 radical (unpaired) electrons. The van der Waals surface area contributed by atoms with Crippen molar-refractivity contribution in [2.75, 3.05) is 13.1 Å². The molecule has 0 aliphatic heterocycles. The van der Waals surface area contributed by atoms with E-state index in [0.717, 1.165) is 44.1 Å². The van der Waals surface area contributed by atoms with Crippen molar-refractivity contribution < 1.29 is 23.9 Å². The molecule has 9 heteroatoms. The summed E-state index contributed by atoms with van der Waals surface area (Å²) in [6.45, 7) is 12.1. The molecule has 0 fully saturated rings. The zero-order valence-corrected chi connectivity index (χ0v) is 24.1. The van der Waals surface area contributed by atoms with E-state index in [4.69, 9.17) is 10.5 Å². The maximum absolute atomic E-state index is 14.0. The molecule has 2 unspecified atom stereocenters. The molecule has 0 bridgehead atoms. The van der Waals surface area contributed by atoms with E-state index in [1.807, 2.05) is 38.1 Å². The van der Waals surface area contributed by atoms with E-state index in [1.165, 1.54) is 4.90 Å². The molecule has 0 aliphatic carbocycles. The van der Waals surface area contributed by atoms with Crippen LogP contribution in [0.25, 0.3) is 0 Å². The number of benzene rings is 1. The summed E-state index contributed by atoms with van der Waals surface area (Å²) in [5, 5.41) is 5.50. The van der Waals surface area contributed by atoms with E-state index < -0.39 is 42.0 Å². The quantitative estimate of drug-likeness (QED) is 0.272. The number of nitrogens with two attached hydrogens (primary N) is 1. The summed E-state index contributed by atoms with van der Waals surface area (Å²) in [4.78, 5) is 53.5. The number of unbranched alkanes of at least 4 members (excludes halogenated alkanes) is 4.